The number of piperidine rings is 1. The normalized spacial score (nSPS) is 21.6. The Morgan fingerprint density at radius 2 is 2.00 bits per heavy atom. The molecule has 0 aliphatic carbocycles. The monoisotopic (exact) mass is 329 g/mol. The van der Waals surface area contributed by atoms with Gasteiger partial charge in [0.1, 0.15) is 23.8 Å². The van der Waals surface area contributed by atoms with E-state index in [1.165, 1.54) is 23.3 Å². The molecule has 1 fully saturated rings. The van der Waals surface area contributed by atoms with Crippen LogP contribution in [0.25, 0.3) is 0 Å². The Kier molecular flexibility index (Phi) is 5.17. The number of likely N-dealkylation sites (tertiary alicyclic amines) is 1. The summed E-state index contributed by atoms with van der Waals surface area (Å²) in [6.07, 6.45) is 1.66. The summed E-state index contributed by atoms with van der Waals surface area (Å²) in [5, 5.41) is 10.8. The molecule has 2 aromatic carbocycles. The zero-order valence-electron chi connectivity index (χ0n) is 14.0. The van der Waals surface area contributed by atoms with Gasteiger partial charge in [-0.1, -0.05) is 29.8 Å². The van der Waals surface area contributed by atoms with E-state index in [-0.39, 0.29) is 12.4 Å². The van der Waals surface area contributed by atoms with Crippen molar-refractivity contribution in [1.82, 2.24) is 4.90 Å². The number of halogens is 1. The fraction of sp³-hybridized carbons (Fsp3) is 0.400. The van der Waals surface area contributed by atoms with Gasteiger partial charge in [-0.05, 0) is 56.1 Å². The molecular formula is C20H24FNO2. The van der Waals surface area contributed by atoms with Gasteiger partial charge in [0, 0.05) is 13.1 Å². The van der Waals surface area contributed by atoms with Crippen molar-refractivity contribution in [3.05, 3.63) is 65.5 Å². The largest absolute Gasteiger partial charge is 0.491 e. The molecule has 1 atom stereocenters. The standard InChI is InChI=1S/C20H24FNO2/c1-16-4-2-5-17(12-16)13-22-11-3-10-20(23,14-22)15-24-19-8-6-18(21)7-9-19/h2,4-9,12,23H,3,10-11,13-15H2,1H3. The average molecular weight is 329 g/mol. The second kappa shape index (κ2) is 7.32. The predicted octanol–water partition coefficient (Wildman–Crippen LogP) is 3.54. The first kappa shape index (κ1) is 16.9. The summed E-state index contributed by atoms with van der Waals surface area (Å²) in [7, 11) is 0. The van der Waals surface area contributed by atoms with Gasteiger partial charge in [-0.25, -0.2) is 4.39 Å². The van der Waals surface area contributed by atoms with Crippen LogP contribution < -0.4 is 4.74 Å². The van der Waals surface area contributed by atoms with Crippen LogP contribution in [0, 0.1) is 12.7 Å². The first-order valence-corrected chi connectivity index (χ1v) is 8.41. The number of ether oxygens (including phenoxy) is 1. The Bertz CT molecular complexity index is 674. The molecule has 3 rings (SSSR count). The Hall–Kier alpha value is -1.91. The van der Waals surface area contributed by atoms with Gasteiger partial charge in [0.15, 0.2) is 0 Å². The van der Waals surface area contributed by atoms with E-state index >= 15 is 0 Å². The van der Waals surface area contributed by atoms with Crippen molar-refractivity contribution in [2.24, 2.45) is 0 Å². The van der Waals surface area contributed by atoms with Crippen molar-refractivity contribution in [3.8, 4) is 5.75 Å². The van der Waals surface area contributed by atoms with Gasteiger partial charge < -0.3 is 9.84 Å². The van der Waals surface area contributed by atoms with Crippen LogP contribution >= 0.6 is 0 Å². The minimum Gasteiger partial charge on any atom is -0.491 e. The topological polar surface area (TPSA) is 32.7 Å². The van der Waals surface area contributed by atoms with Crippen LogP contribution in [0.4, 0.5) is 4.39 Å². The van der Waals surface area contributed by atoms with Crippen molar-refractivity contribution in [2.45, 2.75) is 31.9 Å². The van der Waals surface area contributed by atoms with Gasteiger partial charge >= 0.3 is 0 Å². The first-order valence-electron chi connectivity index (χ1n) is 8.41. The van der Waals surface area contributed by atoms with E-state index < -0.39 is 5.60 Å². The van der Waals surface area contributed by atoms with Gasteiger partial charge in [-0.2, -0.15) is 0 Å². The summed E-state index contributed by atoms with van der Waals surface area (Å²) >= 11 is 0. The second-order valence-electron chi connectivity index (χ2n) is 6.77. The van der Waals surface area contributed by atoms with Crippen LogP contribution in [0.15, 0.2) is 48.5 Å². The fourth-order valence-electron chi connectivity index (χ4n) is 3.28. The quantitative estimate of drug-likeness (QED) is 0.911. The molecule has 1 saturated heterocycles. The molecule has 0 spiro atoms. The van der Waals surface area contributed by atoms with Crippen LogP contribution in [-0.4, -0.2) is 35.3 Å². The highest BCUT2D eigenvalue weighted by atomic mass is 19.1. The summed E-state index contributed by atoms with van der Waals surface area (Å²) in [5.41, 5.74) is 1.65. The molecule has 1 aliphatic heterocycles. The van der Waals surface area contributed by atoms with Crippen molar-refractivity contribution in [3.63, 3.8) is 0 Å². The molecule has 1 heterocycles. The molecule has 4 heteroatoms. The van der Waals surface area contributed by atoms with Crippen molar-refractivity contribution in [2.75, 3.05) is 19.7 Å². The van der Waals surface area contributed by atoms with Crippen LogP contribution in [0.3, 0.4) is 0 Å². The highest BCUT2D eigenvalue weighted by molar-refractivity contribution is 5.23. The zero-order chi connectivity index (χ0) is 17.0. The number of aryl methyl sites for hydroxylation is 1. The Labute approximate surface area is 142 Å². The van der Waals surface area contributed by atoms with Gasteiger partial charge in [-0.3, -0.25) is 4.90 Å². The SMILES string of the molecule is Cc1cccc(CN2CCCC(O)(COc3ccc(F)cc3)C2)c1. The minimum absolute atomic E-state index is 0.225. The lowest BCUT2D eigenvalue weighted by Gasteiger charge is -2.39. The third-order valence-electron chi connectivity index (χ3n) is 4.44. The number of rotatable bonds is 5. The molecule has 1 unspecified atom stereocenters. The second-order valence-corrected chi connectivity index (χ2v) is 6.77. The Morgan fingerprint density at radius 1 is 1.21 bits per heavy atom. The van der Waals surface area contributed by atoms with Gasteiger partial charge in [0.2, 0.25) is 0 Å². The average Bonchev–Trinajstić information content (AvgIpc) is 2.54. The summed E-state index contributed by atoms with van der Waals surface area (Å²) < 4.78 is 18.6. The predicted molar refractivity (Wildman–Crippen MR) is 92.5 cm³/mol. The van der Waals surface area contributed by atoms with E-state index in [0.717, 1.165) is 25.9 Å². The molecule has 24 heavy (non-hydrogen) atoms. The molecule has 2 aromatic rings. The number of aliphatic hydroxyl groups is 1. The first-order chi connectivity index (χ1) is 11.5. The van der Waals surface area contributed by atoms with Crippen molar-refractivity contribution >= 4 is 0 Å². The van der Waals surface area contributed by atoms with Gasteiger partial charge in [0.05, 0.1) is 0 Å². The highest BCUT2D eigenvalue weighted by Crippen LogP contribution is 2.24. The number of nitrogens with zero attached hydrogens (tertiary/aromatic N) is 1. The van der Waals surface area contributed by atoms with Crippen molar-refractivity contribution < 1.29 is 14.2 Å². The molecule has 0 aromatic heterocycles. The van der Waals surface area contributed by atoms with Crippen molar-refractivity contribution in [1.29, 1.82) is 0 Å². The van der Waals surface area contributed by atoms with Crippen LogP contribution in [0.5, 0.6) is 5.75 Å². The van der Waals surface area contributed by atoms with Crippen LogP contribution in [0.1, 0.15) is 24.0 Å². The van der Waals surface area contributed by atoms with E-state index in [4.69, 9.17) is 4.74 Å². The molecule has 0 radical (unpaired) electrons. The molecule has 0 saturated carbocycles. The number of hydrogen-bond acceptors (Lipinski definition) is 3. The lowest BCUT2D eigenvalue weighted by molar-refractivity contribution is -0.0621. The van der Waals surface area contributed by atoms with Crippen LogP contribution in [0.2, 0.25) is 0 Å². The van der Waals surface area contributed by atoms with E-state index in [1.807, 2.05) is 0 Å². The van der Waals surface area contributed by atoms with Gasteiger partial charge in [-0.15, -0.1) is 0 Å². The Morgan fingerprint density at radius 3 is 2.75 bits per heavy atom. The zero-order valence-corrected chi connectivity index (χ0v) is 14.0. The number of hydrogen-bond donors (Lipinski definition) is 1. The summed E-state index contributed by atoms with van der Waals surface area (Å²) in [6, 6.07) is 14.4. The van der Waals surface area contributed by atoms with Crippen LogP contribution in [-0.2, 0) is 6.54 Å². The molecular weight excluding hydrogens is 305 g/mol. The molecule has 128 valence electrons. The molecule has 3 nitrogen and oxygen atoms in total. The summed E-state index contributed by atoms with van der Waals surface area (Å²) in [4.78, 5) is 2.27. The minimum atomic E-state index is -0.865. The van der Waals surface area contributed by atoms with E-state index in [9.17, 15) is 9.50 Å². The lowest BCUT2D eigenvalue weighted by atomic mass is 9.93. The lowest BCUT2D eigenvalue weighted by Crippen LogP contribution is -2.51. The summed E-state index contributed by atoms with van der Waals surface area (Å²) in [5.74, 6) is 0.295. The molecule has 1 aliphatic rings. The van der Waals surface area contributed by atoms with Gasteiger partial charge in [0.25, 0.3) is 0 Å². The fourth-order valence-corrected chi connectivity index (χ4v) is 3.28. The number of benzene rings is 2. The third-order valence-corrected chi connectivity index (χ3v) is 4.44. The van der Waals surface area contributed by atoms with E-state index in [0.29, 0.717) is 12.3 Å². The summed E-state index contributed by atoms with van der Waals surface area (Å²) in [6.45, 7) is 4.71. The van der Waals surface area contributed by atoms with E-state index in [2.05, 4.69) is 36.1 Å². The highest BCUT2D eigenvalue weighted by Gasteiger charge is 2.34. The van der Waals surface area contributed by atoms with E-state index in [1.54, 1.807) is 12.1 Å². The smallest absolute Gasteiger partial charge is 0.123 e. The number of β-amino-alcohol motifs (C(OH)–C–C–N with tert-alkyl or cyclic N) is 1. The molecule has 1 N–H and O–H groups in total. The maximum atomic E-state index is 12.9. The third kappa shape index (κ3) is 4.56. The Balaban J connectivity index is 1.58. The molecule has 0 bridgehead atoms. The molecule has 0 amide bonds. The maximum Gasteiger partial charge on any atom is 0.123 e. The maximum absolute atomic E-state index is 12.9.